The number of hydrogen-bond donors (Lipinski definition) is 3. The number of benzene rings is 1. The smallest absolute Gasteiger partial charge is 0.224 e. The normalized spacial score (nSPS) is 21.8. The lowest BCUT2D eigenvalue weighted by Crippen LogP contribution is -2.35. The second-order valence-electron chi connectivity index (χ2n) is 4.94. The molecule has 0 saturated carbocycles. The van der Waals surface area contributed by atoms with E-state index in [4.69, 9.17) is 4.74 Å². The van der Waals surface area contributed by atoms with Crippen LogP contribution in [0, 0.1) is 11.7 Å². The Morgan fingerprint density at radius 2 is 2.35 bits per heavy atom. The molecule has 1 aliphatic heterocycles. The summed E-state index contributed by atoms with van der Waals surface area (Å²) < 4.78 is 18.3. The first-order valence-electron chi connectivity index (χ1n) is 6.58. The summed E-state index contributed by atoms with van der Waals surface area (Å²) in [6, 6.07) is 4.46. The van der Waals surface area contributed by atoms with Crippen LogP contribution in [0.3, 0.4) is 0 Å². The van der Waals surface area contributed by atoms with Crippen LogP contribution in [0.4, 0.5) is 4.39 Å². The van der Waals surface area contributed by atoms with E-state index < -0.39 is 11.9 Å². The number of ether oxygens (including phenoxy) is 1. The molecular formula is C14H19FN2O3. The minimum Gasteiger partial charge on any atom is -0.494 e. The van der Waals surface area contributed by atoms with Gasteiger partial charge in [-0.25, -0.2) is 4.39 Å². The first-order chi connectivity index (χ1) is 9.60. The summed E-state index contributed by atoms with van der Waals surface area (Å²) in [5.41, 5.74) is 0.589. The maximum absolute atomic E-state index is 13.5. The van der Waals surface area contributed by atoms with Gasteiger partial charge in [0, 0.05) is 25.6 Å². The summed E-state index contributed by atoms with van der Waals surface area (Å²) in [5.74, 6) is -0.470. The number of methoxy groups -OCH3 is 1. The van der Waals surface area contributed by atoms with Gasteiger partial charge in [0.05, 0.1) is 19.6 Å². The molecule has 1 saturated heterocycles. The van der Waals surface area contributed by atoms with Crippen molar-refractivity contribution in [1.82, 2.24) is 10.6 Å². The molecule has 1 aliphatic rings. The predicted octanol–water partition coefficient (Wildman–Crippen LogP) is 0.0733. The quantitative estimate of drug-likeness (QED) is 0.715. The van der Waals surface area contributed by atoms with Gasteiger partial charge < -0.3 is 20.5 Å². The molecule has 0 bridgehead atoms. The number of halogens is 1. The van der Waals surface area contributed by atoms with E-state index in [1.165, 1.54) is 19.2 Å². The molecule has 1 heterocycles. The van der Waals surface area contributed by atoms with E-state index in [1.54, 1.807) is 6.07 Å². The van der Waals surface area contributed by atoms with Crippen molar-refractivity contribution < 1.29 is 19.0 Å². The van der Waals surface area contributed by atoms with Crippen LogP contribution in [0.2, 0.25) is 0 Å². The van der Waals surface area contributed by atoms with E-state index in [0.717, 1.165) is 0 Å². The van der Waals surface area contributed by atoms with Gasteiger partial charge in [0.25, 0.3) is 0 Å². The van der Waals surface area contributed by atoms with Crippen molar-refractivity contribution >= 4 is 5.91 Å². The van der Waals surface area contributed by atoms with Crippen molar-refractivity contribution in [3.8, 4) is 5.75 Å². The maximum atomic E-state index is 13.5. The molecule has 6 heteroatoms. The van der Waals surface area contributed by atoms with Crippen LogP contribution in [0.5, 0.6) is 5.75 Å². The first-order valence-corrected chi connectivity index (χ1v) is 6.58. The van der Waals surface area contributed by atoms with E-state index in [2.05, 4.69) is 10.6 Å². The van der Waals surface area contributed by atoms with Crippen LogP contribution >= 0.6 is 0 Å². The van der Waals surface area contributed by atoms with Gasteiger partial charge in [0.15, 0.2) is 11.6 Å². The van der Waals surface area contributed by atoms with Crippen LogP contribution in [0.15, 0.2) is 18.2 Å². The number of amides is 1. The molecule has 2 unspecified atom stereocenters. The van der Waals surface area contributed by atoms with Gasteiger partial charge in [-0.1, -0.05) is 6.07 Å². The zero-order chi connectivity index (χ0) is 14.5. The summed E-state index contributed by atoms with van der Waals surface area (Å²) in [7, 11) is 1.39. The molecule has 1 aromatic rings. The third-order valence-corrected chi connectivity index (χ3v) is 3.45. The highest BCUT2D eigenvalue weighted by atomic mass is 19.1. The topological polar surface area (TPSA) is 70.6 Å². The number of β-amino-alcohol motifs (C(OH)–C–C–N with tert-alkyl or cyclic N) is 1. The van der Waals surface area contributed by atoms with Gasteiger partial charge in [-0.15, -0.1) is 0 Å². The van der Waals surface area contributed by atoms with Crippen molar-refractivity contribution in [2.75, 3.05) is 26.7 Å². The van der Waals surface area contributed by atoms with Crippen LogP contribution < -0.4 is 15.4 Å². The summed E-state index contributed by atoms with van der Waals surface area (Å²) in [6.45, 7) is 1.68. The highest BCUT2D eigenvalue weighted by Gasteiger charge is 2.24. The van der Waals surface area contributed by atoms with E-state index in [0.29, 0.717) is 25.2 Å². The Kier molecular flexibility index (Phi) is 4.92. The Balaban J connectivity index is 1.83. The minimum absolute atomic E-state index is 0.0338. The molecule has 0 aromatic heterocycles. The molecular weight excluding hydrogens is 263 g/mol. The third kappa shape index (κ3) is 3.68. The first kappa shape index (κ1) is 14.7. The SMILES string of the molecule is COc1ccc(CC(=O)NCC2CNCC2O)cc1F. The summed E-state index contributed by atoms with van der Waals surface area (Å²) in [5, 5.41) is 15.4. The van der Waals surface area contributed by atoms with Gasteiger partial charge in [-0.3, -0.25) is 4.79 Å². The number of aliphatic hydroxyl groups is 1. The average Bonchev–Trinajstić information content (AvgIpc) is 2.82. The monoisotopic (exact) mass is 282 g/mol. The molecule has 0 aliphatic carbocycles. The minimum atomic E-state index is -0.479. The largest absolute Gasteiger partial charge is 0.494 e. The lowest BCUT2D eigenvalue weighted by atomic mass is 10.1. The molecule has 110 valence electrons. The lowest BCUT2D eigenvalue weighted by Gasteiger charge is -2.14. The molecule has 5 nitrogen and oxygen atoms in total. The number of carbonyl (C=O) groups is 1. The van der Waals surface area contributed by atoms with Gasteiger partial charge >= 0.3 is 0 Å². The summed E-state index contributed by atoms with van der Waals surface area (Å²) >= 11 is 0. The molecule has 2 rings (SSSR count). The molecule has 20 heavy (non-hydrogen) atoms. The van der Waals surface area contributed by atoms with Crippen LogP contribution in [-0.4, -0.2) is 43.9 Å². The molecule has 1 aromatic carbocycles. The Morgan fingerprint density at radius 3 is 2.95 bits per heavy atom. The van der Waals surface area contributed by atoms with Gasteiger partial charge in [0.2, 0.25) is 5.91 Å². The Bertz CT molecular complexity index is 481. The highest BCUT2D eigenvalue weighted by Crippen LogP contribution is 2.18. The van der Waals surface area contributed by atoms with E-state index in [1.807, 2.05) is 0 Å². The van der Waals surface area contributed by atoms with E-state index in [-0.39, 0.29) is 24.0 Å². The fourth-order valence-electron chi connectivity index (χ4n) is 2.24. The number of hydrogen-bond acceptors (Lipinski definition) is 4. The van der Waals surface area contributed by atoms with Crippen molar-refractivity contribution in [1.29, 1.82) is 0 Å². The average molecular weight is 282 g/mol. The van der Waals surface area contributed by atoms with Crippen LogP contribution in [-0.2, 0) is 11.2 Å². The zero-order valence-corrected chi connectivity index (χ0v) is 11.4. The standard InChI is InChI=1S/C14H19FN2O3/c1-20-13-3-2-9(4-11(13)15)5-14(19)17-7-10-6-16-8-12(10)18/h2-4,10,12,16,18H,5-8H2,1H3,(H,17,19). The lowest BCUT2D eigenvalue weighted by molar-refractivity contribution is -0.120. The van der Waals surface area contributed by atoms with Gasteiger partial charge in [-0.2, -0.15) is 0 Å². The molecule has 1 amide bonds. The Morgan fingerprint density at radius 1 is 1.55 bits per heavy atom. The molecule has 0 spiro atoms. The summed E-state index contributed by atoms with van der Waals surface area (Å²) in [6.07, 6.45) is -0.314. The molecule has 0 radical (unpaired) electrons. The van der Waals surface area contributed by atoms with Crippen molar-refractivity contribution in [3.63, 3.8) is 0 Å². The number of carbonyl (C=O) groups excluding carboxylic acids is 1. The van der Waals surface area contributed by atoms with Crippen molar-refractivity contribution in [3.05, 3.63) is 29.6 Å². The van der Waals surface area contributed by atoms with E-state index in [9.17, 15) is 14.3 Å². The second-order valence-corrected chi connectivity index (χ2v) is 4.94. The summed E-state index contributed by atoms with van der Waals surface area (Å²) in [4.78, 5) is 11.8. The van der Waals surface area contributed by atoms with Gasteiger partial charge in [-0.05, 0) is 17.7 Å². The van der Waals surface area contributed by atoms with Crippen molar-refractivity contribution in [2.24, 2.45) is 5.92 Å². The molecule has 1 fully saturated rings. The highest BCUT2D eigenvalue weighted by molar-refractivity contribution is 5.78. The fourth-order valence-corrected chi connectivity index (χ4v) is 2.24. The second kappa shape index (κ2) is 6.67. The van der Waals surface area contributed by atoms with Crippen molar-refractivity contribution in [2.45, 2.75) is 12.5 Å². The fraction of sp³-hybridized carbons (Fsp3) is 0.500. The molecule has 3 N–H and O–H groups in total. The maximum Gasteiger partial charge on any atom is 0.224 e. The Labute approximate surface area is 117 Å². The number of aliphatic hydroxyl groups excluding tert-OH is 1. The third-order valence-electron chi connectivity index (χ3n) is 3.45. The molecule has 2 atom stereocenters. The van der Waals surface area contributed by atoms with Crippen LogP contribution in [0.25, 0.3) is 0 Å². The zero-order valence-electron chi connectivity index (χ0n) is 11.4. The predicted molar refractivity (Wildman–Crippen MR) is 72.0 cm³/mol. The number of nitrogens with one attached hydrogen (secondary N) is 2. The van der Waals surface area contributed by atoms with E-state index >= 15 is 0 Å². The Hall–Kier alpha value is -1.66. The van der Waals surface area contributed by atoms with Crippen LogP contribution in [0.1, 0.15) is 5.56 Å². The number of rotatable bonds is 5. The van der Waals surface area contributed by atoms with Gasteiger partial charge in [0.1, 0.15) is 0 Å².